The Kier molecular flexibility index (Phi) is 8.63. The maximum Gasteiger partial charge on any atom is 0.413 e. The van der Waals surface area contributed by atoms with Gasteiger partial charge in [0.05, 0.1) is 19.7 Å². The third kappa shape index (κ3) is 6.93. The van der Waals surface area contributed by atoms with Crippen LogP contribution in [0.2, 0.25) is 0 Å². The smallest absolute Gasteiger partial charge is 0.413 e. The Bertz CT molecular complexity index is 616. The summed E-state index contributed by atoms with van der Waals surface area (Å²) in [6, 6.07) is 5.88. The largest absolute Gasteiger partial charge is 0.450 e. The van der Waals surface area contributed by atoms with Crippen LogP contribution in [0.3, 0.4) is 0 Å². The van der Waals surface area contributed by atoms with E-state index in [1.807, 2.05) is 39.0 Å². The first kappa shape index (κ1) is 20.6. The number of aryl methyl sites for hydroxylation is 2. The van der Waals surface area contributed by atoms with Crippen LogP contribution in [-0.2, 0) is 20.7 Å². The van der Waals surface area contributed by atoms with Crippen LogP contribution >= 0.6 is 0 Å². The zero-order chi connectivity index (χ0) is 18.8. The van der Waals surface area contributed by atoms with Crippen LogP contribution in [0.15, 0.2) is 18.2 Å². The van der Waals surface area contributed by atoms with Crippen molar-refractivity contribution in [2.45, 2.75) is 34.1 Å². The van der Waals surface area contributed by atoms with Gasteiger partial charge in [-0.1, -0.05) is 32.0 Å². The molecule has 25 heavy (non-hydrogen) atoms. The molecule has 0 radical (unpaired) electrons. The number of hydrogen-bond donors (Lipinski definition) is 2. The average Bonchev–Trinajstić information content (AvgIpc) is 2.56. The van der Waals surface area contributed by atoms with Crippen LogP contribution in [0.5, 0.6) is 0 Å². The highest BCUT2D eigenvalue weighted by Gasteiger charge is 2.16. The van der Waals surface area contributed by atoms with E-state index in [0.717, 1.165) is 23.2 Å². The minimum absolute atomic E-state index is 0.0584. The van der Waals surface area contributed by atoms with Gasteiger partial charge in [0.25, 0.3) is 0 Å². The Morgan fingerprint density at radius 1 is 1.08 bits per heavy atom. The lowest BCUT2D eigenvalue weighted by Crippen LogP contribution is -2.43. The number of anilines is 1. The molecule has 0 aliphatic rings. The minimum Gasteiger partial charge on any atom is -0.450 e. The molecule has 7 heteroatoms. The summed E-state index contributed by atoms with van der Waals surface area (Å²) >= 11 is 0. The van der Waals surface area contributed by atoms with E-state index in [9.17, 15) is 14.4 Å². The first-order chi connectivity index (χ1) is 11.9. The summed E-state index contributed by atoms with van der Waals surface area (Å²) in [5.74, 6) is -0.701. The molecule has 1 aromatic rings. The number of carbonyl (C=O) groups is 3. The van der Waals surface area contributed by atoms with Gasteiger partial charge < -0.3 is 10.1 Å². The van der Waals surface area contributed by atoms with Crippen LogP contribution in [0, 0.1) is 6.92 Å². The van der Waals surface area contributed by atoms with Gasteiger partial charge in [-0.15, -0.1) is 0 Å². The SMILES string of the molecule is CCOC(=O)NC(=O)CN(CC)CC(=O)Nc1c(C)cccc1CC. The van der Waals surface area contributed by atoms with Crippen molar-refractivity contribution < 1.29 is 19.1 Å². The number of carbonyl (C=O) groups excluding carboxylic acids is 3. The molecule has 1 aromatic carbocycles. The number of nitrogens with one attached hydrogen (secondary N) is 2. The first-order valence-corrected chi connectivity index (χ1v) is 8.48. The van der Waals surface area contributed by atoms with Gasteiger partial charge in [-0.25, -0.2) is 4.79 Å². The van der Waals surface area contributed by atoms with Crippen molar-refractivity contribution in [1.82, 2.24) is 10.2 Å². The fourth-order valence-corrected chi connectivity index (χ4v) is 2.39. The number of amides is 3. The summed E-state index contributed by atoms with van der Waals surface area (Å²) in [4.78, 5) is 37.0. The number of imide groups is 1. The van der Waals surface area contributed by atoms with Crippen LogP contribution in [0.25, 0.3) is 0 Å². The first-order valence-electron chi connectivity index (χ1n) is 8.48. The summed E-state index contributed by atoms with van der Waals surface area (Å²) in [6.45, 7) is 8.16. The highest BCUT2D eigenvalue weighted by Crippen LogP contribution is 2.20. The second-order valence-corrected chi connectivity index (χ2v) is 5.58. The molecule has 0 bridgehead atoms. The van der Waals surface area contributed by atoms with Gasteiger partial charge >= 0.3 is 6.09 Å². The van der Waals surface area contributed by atoms with E-state index >= 15 is 0 Å². The lowest BCUT2D eigenvalue weighted by Gasteiger charge is -2.20. The van der Waals surface area contributed by atoms with Crippen LogP contribution in [0.1, 0.15) is 31.9 Å². The number of para-hydroxylation sites is 1. The van der Waals surface area contributed by atoms with Crippen molar-refractivity contribution in [3.63, 3.8) is 0 Å². The molecule has 1 rings (SSSR count). The second-order valence-electron chi connectivity index (χ2n) is 5.58. The lowest BCUT2D eigenvalue weighted by molar-refractivity contribution is -0.122. The predicted octanol–water partition coefficient (Wildman–Crippen LogP) is 2.09. The molecule has 0 saturated carbocycles. The average molecular weight is 349 g/mol. The zero-order valence-electron chi connectivity index (χ0n) is 15.3. The van der Waals surface area contributed by atoms with Crippen molar-refractivity contribution in [1.29, 1.82) is 0 Å². The van der Waals surface area contributed by atoms with Gasteiger partial charge in [0.15, 0.2) is 0 Å². The molecule has 0 aromatic heterocycles. The number of rotatable bonds is 8. The van der Waals surface area contributed by atoms with Crippen LogP contribution < -0.4 is 10.6 Å². The maximum atomic E-state index is 12.3. The molecule has 0 saturated heterocycles. The monoisotopic (exact) mass is 349 g/mol. The van der Waals surface area contributed by atoms with E-state index in [0.29, 0.717) is 6.54 Å². The maximum absolute atomic E-state index is 12.3. The van der Waals surface area contributed by atoms with Gasteiger partial charge in [-0.05, 0) is 37.9 Å². The molecule has 3 amide bonds. The topological polar surface area (TPSA) is 87.7 Å². The molecule has 0 spiro atoms. The normalized spacial score (nSPS) is 10.4. The molecule has 0 aliphatic heterocycles. The zero-order valence-corrected chi connectivity index (χ0v) is 15.3. The molecule has 0 fully saturated rings. The highest BCUT2D eigenvalue weighted by molar-refractivity contribution is 5.95. The molecule has 0 heterocycles. The lowest BCUT2D eigenvalue weighted by atomic mass is 10.1. The quantitative estimate of drug-likeness (QED) is 0.750. The highest BCUT2D eigenvalue weighted by atomic mass is 16.5. The predicted molar refractivity (Wildman–Crippen MR) is 96.5 cm³/mol. The fourth-order valence-electron chi connectivity index (χ4n) is 2.39. The van der Waals surface area contributed by atoms with Gasteiger partial charge in [0.1, 0.15) is 0 Å². The van der Waals surface area contributed by atoms with Crippen molar-refractivity contribution in [3.8, 4) is 0 Å². The summed E-state index contributed by atoms with van der Waals surface area (Å²) in [7, 11) is 0. The van der Waals surface area contributed by atoms with Crippen molar-refractivity contribution in [2.75, 3.05) is 31.6 Å². The Hall–Kier alpha value is -2.41. The Labute approximate surface area is 148 Å². The number of alkyl carbamates (subject to hydrolysis) is 1. The third-order valence-corrected chi connectivity index (χ3v) is 3.70. The number of benzene rings is 1. The number of ether oxygens (including phenoxy) is 1. The Balaban J connectivity index is 2.62. The van der Waals surface area contributed by atoms with E-state index < -0.39 is 12.0 Å². The van der Waals surface area contributed by atoms with E-state index in [2.05, 4.69) is 15.4 Å². The molecular formula is C18H27N3O4. The summed E-state index contributed by atoms with van der Waals surface area (Å²) in [5, 5.41) is 5.05. The summed E-state index contributed by atoms with van der Waals surface area (Å²) < 4.78 is 4.66. The van der Waals surface area contributed by atoms with Gasteiger partial charge in [-0.2, -0.15) is 0 Å². The van der Waals surface area contributed by atoms with E-state index in [1.54, 1.807) is 11.8 Å². The van der Waals surface area contributed by atoms with Crippen molar-refractivity contribution in [2.24, 2.45) is 0 Å². The molecular weight excluding hydrogens is 322 g/mol. The fraction of sp³-hybridized carbons (Fsp3) is 0.500. The molecule has 7 nitrogen and oxygen atoms in total. The number of likely N-dealkylation sites (N-methyl/N-ethyl adjacent to an activating group) is 1. The standard InChI is InChI=1S/C18H27N3O4/c1-5-14-10-8-9-13(4)17(14)19-15(22)11-21(6-2)12-16(23)20-18(24)25-7-3/h8-10H,5-7,11-12H2,1-4H3,(H,19,22)(H,20,23,24). The summed E-state index contributed by atoms with van der Waals surface area (Å²) in [5.41, 5.74) is 2.88. The summed E-state index contributed by atoms with van der Waals surface area (Å²) in [6.07, 6.45) is 0.0389. The molecule has 0 atom stereocenters. The van der Waals surface area contributed by atoms with Crippen LogP contribution in [-0.4, -0.2) is 49.0 Å². The molecule has 0 aliphatic carbocycles. The Morgan fingerprint density at radius 3 is 2.36 bits per heavy atom. The van der Waals surface area contributed by atoms with E-state index in [1.165, 1.54) is 0 Å². The van der Waals surface area contributed by atoms with E-state index in [4.69, 9.17) is 0 Å². The number of nitrogens with zero attached hydrogens (tertiary/aromatic N) is 1. The van der Waals surface area contributed by atoms with E-state index in [-0.39, 0.29) is 25.6 Å². The second kappa shape index (κ2) is 10.5. The molecule has 0 unspecified atom stereocenters. The van der Waals surface area contributed by atoms with Crippen molar-refractivity contribution in [3.05, 3.63) is 29.3 Å². The van der Waals surface area contributed by atoms with Crippen LogP contribution in [0.4, 0.5) is 10.5 Å². The third-order valence-electron chi connectivity index (χ3n) is 3.70. The van der Waals surface area contributed by atoms with Gasteiger partial charge in [0, 0.05) is 5.69 Å². The molecule has 138 valence electrons. The Morgan fingerprint density at radius 2 is 1.76 bits per heavy atom. The van der Waals surface area contributed by atoms with Gasteiger partial charge in [0.2, 0.25) is 11.8 Å². The van der Waals surface area contributed by atoms with Gasteiger partial charge in [-0.3, -0.25) is 19.8 Å². The minimum atomic E-state index is -0.777. The molecule has 2 N–H and O–H groups in total. The number of hydrogen-bond acceptors (Lipinski definition) is 5. The van der Waals surface area contributed by atoms with Crippen molar-refractivity contribution >= 4 is 23.6 Å².